The average Bonchev–Trinajstić information content (AvgIpc) is 1.19. The van der Waals surface area contributed by atoms with Crippen LogP contribution in [-0.2, 0) is 4.57 Å². The van der Waals surface area contributed by atoms with Gasteiger partial charge in [0.15, 0.2) is 0 Å². The van der Waals surface area contributed by atoms with Gasteiger partial charge in [-0.3, -0.25) is 0 Å². The van der Waals surface area contributed by atoms with E-state index < -0.39 is 13.9 Å². The Bertz CT molecular complexity index is 124. The monoisotopic (exact) mass is 272 g/mol. The van der Waals surface area contributed by atoms with Crippen LogP contribution < -0.4 is 180 Å². The maximum absolute atomic E-state index is 9.00. The summed E-state index contributed by atoms with van der Waals surface area (Å²) in [6.45, 7) is 0. The fourth-order valence-electron chi connectivity index (χ4n) is 0. The first kappa shape index (κ1) is 29.9. The third-order valence-corrected chi connectivity index (χ3v) is 0. The molecule has 0 fully saturated rings. The van der Waals surface area contributed by atoms with Crippen molar-refractivity contribution < 1.29 is 178 Å². The summed E-state index contributed by atoms with van der Waals surface area (Å²) in [5.41, 5.74) is 8.50. The minimum Gasteiger partial charge on any atom is -0.822 e. The Labute approximate surface area is 197 Å². The summed E-state index contributed by atoms with van der Waals surface area (Å²) in [6.07, 6.45) is 0. The summed E-state index contributed by atoms with van der Waals surface area (Å²) in [4.78, 5) is 34.6. The standard InChI is InChI=1S/CH4N2O.3K.H3O4P/c2-1(3)4;;;;1-5(2,3)4/h(H4,2,3,4);;;;(H3,1,2,3,4)/q;3*+1;/p-3. The number of hydrogen-bond donors (Lipinski definition) is 2. The molecule has 0 aliphatic heterocycles. The topological polar surface area (TPSA) is 155 Å². The smallest absolute Gasteiger partial charge is 0.822 e. The van der Waals surface area contributed by atoms with Gasteiger partial charge in [-0.1, -0.05) is 0 Å². The molecule has 0 bridgehead atoms. The molecule has 0 aromatic carbocycles. The van der Waals surface area contributed by atoms with E-state index in [1.54, 1.807) is 0 Å². The van der Waals surface area contributed by atoms with Crippen molar-refractivity contribution in [2.24, 2.45) is 11.5 Å². The van der Waals surface area contributed by atoms with Crippen molar-refractivity contribution in [3.8, 4) is 0 Å². The van der Waals surface area contributed by atoms with Crippen LogP contribution in [0.25, 0.3) is 0 Å². The van der Waals surface area contributed by atoms with E-state index in [1.165, 1.54) is 0 Å². The van der Waals surface area contributed by atoms with Crippen molar-refractivity contribution in [2.45, 2.75) is 0 Å². The normalized spacial score (nSPS) is 6.92. The molecule has 0 spiro atoms. The minimum atomic E-state index is -5.39. The number of phosphoric acid groups is 1. The number of hydrogen-bond acceptors (Lipinski definition) is 5. The third-order valence-electron chi connectivity index (χ3n) is 0. The van der Waals surface area contributed by atoms with Gasteiger partial charge in [-0.15, -0.1) is 0 Å². The molecule has 0 atom stereocenters. The maximum atomic E-state index is 9.00. The average molecular weight is 272 g/mol. The second-order valence-corrected chi connectivity index (χ2v) is 1.74. The van der Waals surface area contributed by atoms with Crippen LogP contribution in [0, 0.1) is 0 Å². The van der Waals surface area contributed by atoms with Crippen molar-refractivity contribution in [1.29, 1.82) is 0 Å². The van der Waals surface area contributed by atoms with Gasteiger partial charge in [-0.05, 0) is 0 Å². The molecule has 0 radical (unpaired) electrons. The summed E-state index contributed by atoms with van der Waals surface area (Å²) in [5.74, 6) is 0. The SMILES string of the molecule is NC(N)=O.O=P([O-])([O-])[O-].[K+].[K+].[K+]. The molecule has 0 saturated heterocycles. The molecule has 0 unspecified atom stereocenters. The van der Waals surface area contributed by atoms with E-state index in [-0.39, 0.29) is 154 Å². The molecule has 0 aromatic heterocycles. The maximum Gasteiger partial charge on any atom is 1.00 e. The van der Waals surface area contributed by atoms with Crippen LogP contribution >= 0.6 is 7.82 Å². The number of amides is 2. The minimum absolute atomic E-state index is 0. The predicted octanol–water partition coefficient (Wildman–Crippen LogP) is -12.8. The van der Waals surface area contributed by atoms with Crippen LogP contribution in [0.1, 0.15) is 0 Å². The molecule has 0 heterocycles. The fourth-order valence-corrected chi connectivity index (χ4v) is 0. The molecule has 0 aliphatic carbocycles. The van der Waals surface area contributed by atoms with Gasteiger partial charge in [-0.25, -0.2) is 4.79 Å². The second kappa shape index (κ2) is 17.7. The van der Waals surface area contributed by atoms with Crippen molar-refractivity contribution in [3.05, 3.63) is 0 Å². The number of carbonyl (C=O) groups excluding carboxylic acids is 1. The molecule has 0 rings (SSSR count). The Morgan fingerprint density at radius 3 is 1.00 bits per heavy atom. The Balaban J connectivity index is -0.0000000221. The van der Waals surface area contributed by atoms with Gasteiger partial charge in [-0.2, -0.15) is 7.82 Å². The van der Waals surface area contributed by atoms with Gasteiger partial charge in [0.05, 0.1) is 0 Å². The molecule has 4 N–H and O–H groups in total. The molecule has 0 saturated carbocycles. The largest absolute Gasteiger partial charge is 1.00 e. The van der Waals surface area contributed by atoms with Crippen molar-refractivity contribution in [2.75, 3.05) is 0 Å². The van der Waals surface area contributed by atoms with Gasteiger partial charge in [0.25, 0.3) is 0 Å². The van der Waals surface area contributed by atoms with Gasteiger partial charge < -0.3 is 30.7 Å². The van der Waals surface area contributed by atoms with Crippen molar-refractivity contribution >= 4 is 13.9 Å². The fraction of sp³-hybridized carbons (Fsp3) is 0. The summed E-state index contributed by atoms with van der Waals surface area (Å²) in [5, 5.41) is 0. The Kier molecular flexibility index (Phi) is 44.0. The molecular weight excluding hydrogens is 268 g/mol. The first-order chi connectivity index (χ1) is 3.73. The molecular formula is CH4K3N2O5P. The van der Waals surface area contributed by atoms with Crippen LogP contribution in [0.2, 0.25) is 0 Å². The quantitative estimate of drug-likeness (QED) is 0.331. The van der Waals surface area contributed by atoms with E-state index in [0.29, 0.717) is 0 Å². The van der Waals surface area contributed by atoms with E-state index >= 15 is 0 Å². The first-order valence-corrected chi connectivity index (χ1v) is 2.97. The van der Waals surface area contributed by atoms with Crippen LogP contribution in [-0.4, -0.2) is 6.03 Å². The molecule has 12 heavy (non-hydrogen) atoms. The van der Waals surface area contributed by atoms with Gasteiger partial charge in [0.1, 0.15) is 0 Å². The predicted molar refractivity (Wildman–Crippen MR) is 21.4 cm³/mol. The summed E-state index contributed by atoms with van der Waals surface area (Å²) >= 11 is 0. The molecule has 7 nitrogen and oxygen atoms in total. The zero-order chi connectivity index (χ0) is 8.08. The summed E-state index contributed by atoms with van der Waals surface area (Å²) in [7, 11) is -5.39. The van der Waals surface area contributed by atoms with Gasteiger partial charge in [0, 0.05) is 0 Å². The Morgan fingerprint density at radius 2 is 1.00 bits per heavy atom. The zero-order valence-electron chi connectivity index (χ0n) is 7.14. The molecule has 56 valence electrons. The molecule has 11 heteroatoms. The van der Waals surface area contributed by atoms with Crippen molar-refractivity contribution in [3.63, 3.8) is 0 Å². The van der Waals surface area contributed by atoms with Crippen LogP contribution in [0.5, 0.6) is 0 Å². The summed E-state index contributed by atoms with van der Waals surface area (Å²) in [6, 6.07) is -0.833. The van der Waals surface area contributed by atoms with Crippen LogP contribution in [0.4, 0.5) is 4.79 Å². The van der Waals surface area contributed by atoms with E-state index in [9.17, 15) is 0 Å². The summed E-state index contributed by atoms with van der Waals surface area (Å²) < 4.78 is 8.55. The second-order valence-electron chi connectivity index (χ2n) is 0.850. The van der Waals surface area contributed by atoms with E-state index in [2.05, 4.69) is 11.5 Å². The van der Waals surface area contributed by atoms with Gasteiger partial charge >= 0.3 is 160 Å². The van der Waals surface area contributed by atoms with Gasteiger partial charge in [0.2, 0.25) is 0 Å². The van der Waals surface area contributed by atoms with E-state index in [4.69, 9.17) is 24.0 Å². The number of rotatable bonds is 0. The Hall–Kier alpha value is 4.29. The molecule has 0 aromatic rings. The first-order valence-electron chi connectivity index (χ1n) is 1.51. The molecule has 2 amide bonds. The van der Waals surface area contributed by atoms with Crippen molar-refractivity contribution in [1.82, 2.24) is 0 Å². The molecule has 0 aliphatic rings. The van der Waals surface area contributed by atoms with Crippen LogP contribution in [0.15, 0.2) is 0 Å². The van der Waals surface area contributed by atoms with E-state index in [1.807, 2.05) is 0 Å². The number of primary amides is 2. The Morgan fingerprint density at radius 1 is 1.00 bits per heavy atom. The third kappa shape index (κ3) is 137. The number of urea groups is 1. The number of nitrogens with two attached hydrogens (primary N) is 2. The zero-order valence-corrected chi connectivity index (χ0v) is 17.4. The van der Waals surface area contributed by atoms with Crippen LogP contribution in [0.3, 0.4) is 0 Å². The number of carbonyl (C=O) groups is 1. The van der Waals surface area contributed by atoms with E-state index in [0.717, 1.165) is 0 Å².